The molecule has 0 atom stereocenters. The van der Waals surface area contributed by atoms with Crippen molar-refractivity contribution in [3.8, 4) is 0 Å². The minimum atomic E-state index is 0.725. The van der Waals surface area contributed by atoms with Crippen LogP contribution in [0, 0.1) is 0 Å². The van der Waals surface area contributed by atoms with Crippen LogP contribution in [0.5, 0.6) is 0 Å². The molecule has 4 heteroatoms. The van der Waals surface area contributed by atoms with Gasteiger partial charge >= 0.3 is 0 Å². The van der Waals surface area contributed by atoms with Gasteiger partial charge in [-0.15, -0.1) is 23.2 Å². The van der Waals surface area contributed by atoms with Gasteiger partial charge in [-0.1, -0.05) is 0 Å². The van der Waals surface area contributed by atoms with Crippen molar-refractivity contribution in [2.45, 2.75) is 12.8 Å². The number of nitrogens with zero attached hydrogens (tertiary/aromatic N) is 2. The van der Waals surface area contributed by atoms with Gasteiger partial charge in [0.25, 0.3) is 0 Å². The van der Waals surface area contributed by atoms with E-state index in [1.54, 1.807) is 0 Å². The van der Waals surface area contributed by atoms with E-state index < -0.39 is 0 Å². The first kappa shape index (κ1) is 14.5. The quantitative estimate of drug-likeness (QED) is 0.450. The Kier molecular flexibility index (Phi) is 10.4. The summed E-state index contributed by atoms with van der Waals surface area (Å²) in [4.78, 5) is 4.54. The van der Waals surface area contributed by atoms with Crippen LogP contribution < -0.4 is 0 Å². The monoisotopic (exact) mass is 240 g/mol. The Bertz CT molecular complexity index is 109. The van der Waals surface area contributed by atoms with E-state index in [2.05, 4.69) is 23.9 Å². The predicted octanol–water partition coefficient (Wildman–Crippen LogP) is 2.11. The number of halogens is 2. The average molecular weight is 241 g/mol. The van der Waals surface area contributed by atoms with Crippen molar-refractivity contribution in [3.63, 3.8) is 0 Å². The zero-order valence-corrected chi connectivity index (χ0v) is 10.8. The Morgan fingerprint density at radius 1 is 0.714 bits per heavy atom. The summed E-state index contributed by atoms with van der Waals surface area (Å²) in [5.74, 6) is 1.45. The molecule has 0 unspecified atom stereocenters. The van der Waals surface area contributed by atoms with E-state index >= 15 is 0 Å². The van der Waals surface area contributed by atoms with Crippen molar-refractivity contribution in [3.05, 3.63) is 0 Å². The molecule has 0 heterocycles. The molecule has 0 N–H and O–H groups in total. The molecule has 0 radical (unpaired) electrons. The molecule has 0 fully saturated rings. The summed E-state index contributed by atoms with van der Waals surface area (Å²) in [7, 11) is 4.23. The molecule has 14 heavy (non-hydrogen) atoms. The molecule has 86 valence electrons. The summed E-state index contributed by atoms with van der Waals surface area (Å²) in [6.07, 6.45) is 2.47. The lowest BCUT2D eigenvalue weighted by Crippen LogP contribution is -2.25. The lowest BCUT2D eigenvalue weighted by Gasteiger charge is -2.17. The van der Waals surface area contributed by atoms with Crippen molar-refractivity contribution in [2.24, 2.45) is 0 Å². The summed E-state index contributed by atoms with van der Waals surface area (Å²) in [5, 5.41) is 0. The van der Waals surface area contributed by atoms with Gasteiger partial charge in [-0.25, -0.2) is 0 Å². The van der Waals surface area contributed by atoms with Crippen molar-refractivity contribution in [1.82, 2.24) is 9.80 Å². The van der Waals surface area contributed by atoms with Crippen LogP contribution in [0.4, 0.5) is 0 Å². The molecule has 0 amide bonds. The number of hydrogen-bond acceptors (Lipinski definition) is 2. The van der Waals surface area contributed by atoms with Crippen molar-refractivity contribution < 1.29 is 0 Å². The molecule has 0 aliphatic carbocycles. The molecule has 0 saturated heterocycles. The standard InChI is InChI=1S/C10H22Cl2N2/c1-13(9-5-11)7-3-4-8-14(2)10-6-12/h3-10H2,1-2H3. The first-order valence-corrected chi connectivity index (χ1v) is 6.26. The van der Waals surface area contributed by atoms with Crippen LogP contribution in [-0.2, 0) is 0 Å². The van der Waals surface area contributed by atoms with Crippen LogP contribution >= 0.6 is 23.2 Å². The lowest BCUT2D eigenvalue weighted by molar-refractivity contribution is 0.309. The van der Waals surface area contributed by atoms with Crippen LogP contribution in [0.3, 0.4) is 0 Å². The molecule has 0 spiro atoms. The van der Waals surface area contributed by atoms with Gasteiger partial charge < -0.3 is 9.80 Å². The molecule has 0 aromatic rings. The van der Waals surface area contributed by atoms with Gasteiger partial charge in [0.2, 0.25) is 0 Å². The predicted molar refractivity (Wildman–Crippen MR) is 65.7 cm³/mol. The van der Waals surface area contributed by atoms with E-state index in [0.717, 1.165) is 37.9 Å². The zero-order chi connectivity index (χ0) is 10.8. The van der Waals surface area contributed by atoms with Crippen LogP contribution in [-0.4, -0.2) is 61.8 Å². The maximum Gasteiger partial charge on any atom is 0.0351 e. The molecular formula is C10H22Cl2N2. The molecule has 2 nitrogen and oxygen atoms in total. The van der Waals surface area contributed by atoms with E-state index in [9.17, 15) is 0 Å². The van der Waals surface area contributed by atoms with Crippen LogP contribution in [0.15, 0.2) is 0 Å². The highest BCUT2D eigenvalue weighted by Crippen LogP contribution is 1.96. The maximum atomic E-state index is 5.64. The Hall–Kier alpha value is 0.500. The van der Waals surface area contributed by atoms with Gasteiger partial charge in [0.05, 0.1) is 0 Å². The van der Waals surface area contributed by atoms with Gasteiger partial charge in [-0.05, 0) is 40.0 Å². The lowest BCUT2D eigenvalue weighted by atomic mass is 10.3. The van der Waals surface area contributed by atoms with Crippen LogP contribution in [0.25, 0.3) is 0 Å². The van der Waals surface area contributed by atoms with E-state index in [0.29, 0.717) is 0 Å². The third kappa shape index (κ3) is 9.07. The summed E-state index contributed by atoms with van der Waals surface area (Å²) in [6.45, 7) is 4.25. The van der Waals surface area contributed by atoms with Crippen LogP contribution in [0.1, 0.15) is 12.8 Å². The second-order valence-electron chi connectivity index (χ2n) is 3.69. The molecule has 0 aliphatic heterocycles. The number of alkyl halides is 2. The first-order chi connectivity index (χ1) is 6.70. The molecule has 0 aromatic heterocycles. The first-order valence-electron chi connectivity index (χ1n) is 5.19. The van der Waals surface area contributed by atoms with Crippen molar-refractivity contribution in [1.29, 1.82) is 0 Å². The summed E-state index contributed by atoms with van der Waals surface area (Å²) >= 11 is 11.3. The minimum Gasteiger partial charge on any atom is -0.305 e. The van der Waals surface area contributed by atoms with E-state index in [-0.39, 0.29) is 0 Å². The van der Waals surface area contributed by atoms with Gasteiger partial charge in [0.1, 0.15) is 0 Å². The van der Waals surface area contributed by atoms with Crippen LogP contribution in [0.2, 0.25) is 0 Å². The second-order valence-corrected chi connectivity index (χ2v) is 4.45. The molecule has 0 bridgehead atoms. The Morgan fingerprint density at radius 2 is 1.07 bits per heavy atom. The summed E-state index contributed by atoms with van der Waals surface area (Å²) in [5.41, 5.74) is 0. The number of rotatable bonds is 9. The fourth-order valence-corrected chi connectivity index (χ4v) is 1.85. The second kappa shape index (κ2) is 10.0. The fraction of sp³-hybridized carbons (Fsp3) is 1.00. The Labute approximate surface area is 98.1 Å². The van der Waals surface area contributed by atoms with Gasteiger partial charge in [-0.2, -0.15) is 0 Å². The largest absolute Gasteiger partial charge is 0.305 e. The molecule has 0 rings (SSSR count). The number of unbranched alkanes of at least 4 members (excludes halogenated alkanes) is 1. The van der Waals surface area contributed by atoms with Crippen molar-refractivity contribution in [2.75, 3.05) is 52.0 Å². The van der Waals surface area contributed by atoms with Gasteiger partial charge in [0, 0.05) is 24.8 Å². The Balaban J connectivity index is 3.19. The number of hydrogen-bond donors (Lipinski definition) is 0. The third-order valence-corrected chi connectivity index (χ3v) is 2.60. The molecule has 0 aromatic carbocycles. The average Bonchev–Trinajstić information content (AvgIpc) is 2.13. The van der Waals surface area contributed by atoms with Crippen molar-refractivity contribution >= 4 is 23.2 Å². The maximum absolute atomic E-state index is 5.64. The highest BCUT2D eigenvalue weighted by atomic mass is 35.5. The summed E-state index contributed by atoms with van der Waals surface area (Å²) < 4.78 is 0. The highest BCUT2D eigenvalue weighted by molar-refractivity contribution is 6.18. The minimum absolute atomic E-state index is 0.725. The van der Waals surface area contributed by atoms with Gasteiger partial charge in [-0.3, -0.25) is 0 Å². The molecule has 0 aliphatic rings. The van der Waals surface area contributed by atoms with Gasteiger partial charge in [0.15, 0.2) is 0 Å². The van der Waals surface area contributed by atoms with E-state index in [1.807, 2.05) is 0 Å². The molecule has 0 saturated carbocycles. The SMILES string of the molecule is CN(CCCl)CCCCN(C)CCCl. The molecular weight excluding hydrogens is 219 g/mol. The fourth-order valence-electron chi connectivity index (χ4n) is 1.28. The zero-order valence-electron chi connectivity index (χ0n) is 9.31. The Morgan fingerprint density at radius 3 is 1.36 bits per heavy atom. The summed E-state index contributed by atoms with van der Waals surface area (Å²) in [6, 6.07) is 0. The smallest absolute Gasteiger partial charge is 0.0351 e. The third-order valence-electron chi connectivity index (χ3n) is 2.26. The van der Waals surface area contributed by atoms with E-state index in [4.69, 9.17) is 23.2 Å². The normalized spacial score (nSPS) is 11.6. The highest BCUT2D eigenvalue weighted by Gasteiger charge is 1.99. The topological polar surface area (TPSA) is 6.48 Å². The van der Waals surface area contributed by atoms with E-state index in [1.165, 1.54) is 12.8 Å².